The third-order valence-corrected chi connectivity index (χ3v) is 2.77. The molecule has 1 amide bonds. The van der Waals surface area contributed by atoms with E-state index >= 15 is 0 Å². The topological polar surface area (TPSA) is 62.1 Å². The minimum absolute atomic E-state index is 0.0480. The molecule has 0 atom stereocenters. The zero-order valence-corrected chi connectivity index (χ0v) is 11.7. The first-order chi connectivity index (χ1) is 10.9. The first kappa shape index (κ1) is 16.4. The van der Waals surface area contributed by atoms with Gasteiger partial charge in [0.15, 0.2) is 6.61 Å². The van der Waals surface area contributed by atoms with Gasteiger partial charge >= 0.3 is 6.18 Å². The zero-order valence-electron chi connectivity index (χ0n) is 11.7. The molecule has 0 aromatic heterocycles. The molecule has 2 rings (SSSR count). The molecule has 0 bridgehead atoms. The van der Waals surface area contributed by atoms with Crippen LogP contribution in [0.5, 0.6) is 5.75 Å². The van der Waals surface area contributed by atoms with Gasteiger partial charge in [-0.1, -0.05) is 6.07 Å². The van der Waals surface area contributed by atoms with E-state index in [4.69, 9.17) is 5.26 Å². The normalized spacial score (nSPS) is 10.7. The fourth-order valence-electron chi connectivity index (χ4n) is 1.73. The van der Waals surface area contributed by atoms with Crippen molar-refractivity contribution in [1.82, 2.24) is 0 Å². The number of hydrogen-bond acceptors (Lipinski definition) is 3. The fraction of sp³-hybridized carbons (Fsp3) is 0.125. The lowest BCUT2D eigenvalue weighted by Gasteiger charge is -2.10. The summed E-state index contributed by atoms with van der Waals surface area (Å²) in [5, 5.41) is 11.4. The third-order valence-electron chi connectivity index (χ3n) is 2.77. The Morgan fingerprint density at radius 3 is 2.48 bits per heavy atom. The average Bonchev–Trinajstić information content (AvgIpc) is 2.53. The van der Waals surface area contributed by atoms with Crippen molar-refractivity contribution in [3.8, 4) is 11.8 Å². The molecule has 2 aromatic rings. The van der Waals surface area contributed by atoms with E-state index in [1.807, 2.05) is 6.07 Å². The number of halogens is 3. The molecule has 118 valence electrons. The monoisotopic (exact) mass is 320 g/mol. The highest BCUT2D eigenvalue weighted by Crippen LogP contribution is 2.20. The average molecular weight is 320 g/mol. The van der Waals surface area contributed by atoms with Crippen LogP contribution in [-0.4, -0.2) is 18.7 Å². The van der Waals surface area contributed by atoms with Crippen molar-refractivity contribution in [3.63, 3.8) is 0 Å². The summed E-state index contributed by atoms with van der Waals surface area (Å²) in [4.78, 5) is 12.0. The van der Waals surface area contributed by atoms with Crippen molar-refractivity contribution < 1.29 is 22.7 Å². The first-order valence-electron chi connectivity index (χ1n) is 6.48. The van der Waals surface area contributed by atoms with E-state index in [0.29, 0.717) is 16.8 Å². The number of ether oxygens (including phenoxy) is 1. The Morgan fingerprint density at radius 2 is 1.87 bits per heavy atom. The van der Waals surface area contributed by atoms with Gasteiger partial charge in [-0.3, -0.25) is 4.79 Å². The maximum Gasteiger partial charge on any atom is 0.422 e. The Morgan fingerprint density at radius 1 is 1.17 bits per heavy atom. The van der Waals surface area contributed by atoms with Gasteiger partial charge in [-0.15, -0.1) is 0 Å². The molecule has 0 radical (unpaired) electrons. The Balaban J connectivity index is 2.00. The van der Waals surface area contributed by atoms with Crippen molar-refractivity contribution in [2.75, 3.05) is 11.9 Å². The van der Waals surface area contributed by atoms with E-state index in [-0.39, 0.29) is 5.75 Å². The molecule has 4 nitrogen and oxygen atoms in total. The Kier molecular flexibility index (Phi) is 4.86. The lowest BCUT2D eigenvalue weighted by Crippen LogP contribution is -2.19. The summed E-state index contributed by atoms with van der Waals surface area (Å²) in [5.74, 6) is -0.377. The summed E-state index contributed by atoms with van der Waals surface area (Å²) in [6.07, 6.45) is -4.40. The van der Waals surface area contributed by atoms with Gasteiger partial charge in [0.25, 0.3) is 5.91 Å². The Hall–Kier alpha value is -3.01. The van der Waals surface area contributed by atoms with E-state index in [1.54, 1.807) is 18.2 Å². The number of nitrogens with one attached hydrogen (secondary N) is 1. The van der Waals surface area contributed by atoms with Gasteiger partial charge < -0.3 is 10.1 Å². The SMILES string of the molecule is N#Cc1cccc(C(=O)Nc2ccc(OCC(F)(F)F)cc2)c1. The number of rotatable bonds is 4. The predicted octanol–water partition coefficient (Wildman–Crippen LogP) is 3.75. The summed E-state index contributed by atoms with van der Waals surface area (Å²) in [5.41, 5.74) is 1.06. The lowest BCUT2D eigenvalue weighted by atomic mass is 10.1. The molecule has 0 saturated carbocycles. The summed E-state index contributed by atoms with van der Waals surface area (Å²) >= 11 is 0. The highest BCUT2D eigenvalue weighted by atomic mass is 19.4. The van der Waals surface area contributed by atoms with Crippen LogP contribution in [0.3, 0.4) is 0 Å². The molecular formula is C16H11F3N2O2. The molecule has 2 aromatic carbocycles. The van der Waals surface area contributed by atoms with Crippen LogP contribution in [0.25, 0.3) is 0 Å². The lowest BCUT2D eigenvalue weighted by molar-refractivity contribution is -0.153. The van der Waals surface area contributed by atoms with Crippen LogP contribution in [0.4, 0.5) is 18.9 Å². The van der Waals surface area contributed by atoms with Crippen LogP contribution in [0.1, 0.15) is 15.9 Å². The van der Waals surface area contributed by atoms with Crippen molar-refractivity contribution in [3.05, 3.63) is 59.7 Å². The zero-order chi connectivity index (χ0) is 16.9. The number of carbonyl (C=O) groups excluding carboxylic acids is 1. The number of carbonyl (C=O) groups is 1. The molecule has 0 saturated heterocycles. The molecule has 0 unspecified atom stereocenters. The van der Waals surface area contributed by atoms with Crippen molar-refractivity contribution in [1.29, 1.82) is 5.26 Å². The molecule has 7 heteroatoms. The maximum atomic E-state index is 12.0. The van der Waals surface area contributed by atoms with Crippen LogP contribution in [0.15, 0.2) is 48.5 Å². The highest BCUT2D eigenvalue weighted by Gasteiger charge is 2.28. The summed E-state index contributed by atoms with van der Waals surface area (Å²) < 4.78 is 40.7. The van der Waals surface area contributed by atoms with E-state index in [1.165, 1.54) is 30.3 Å². The molecule has 1 N–H and O–H groups in total. The number of nitrogens with zero attached hydrogens (tertiary/aromatic N) is 1. The Bertz CT molecular complexity index is 734. The fourth-order valence-corrected chi connectivity index (χ4v) is 1.73. The highest BCUT2D eigenvalue weighted by molar-refractivity contribution is 6.04. The van der Waals surface area contributed by atoms with Crippen LogP contribution in [0.2, 0.25) is 0 Å². The number of benzene rings is 2. The van der Waals surface area contributed by atoms with Gasteiger partial charge in [0.05, 0.1) is 11.6 Å². The van der Waals surface area contributed by atoms with E-state index in [9.17, 15) is 18.0 Å². The summed E-state index contributed by atoms with van der Waals surface area (Å²) in [6.45, 7) is -1.38. The quantitative estimate of drug-likeness (QED) is 0.933. The Labute approximate surface area is 130 Å². The number of anilines is 1. The number of hydrogen-bond donors (Lipinski definition) is 1. The first-order valence-corrected chi connectivity index (χ1v) is 6.48. The second kappa shape index (κ2) is 6.83. The molecule has 0 aliphatic carbocycles. The third kappa shape index (κ3) is 5.04. The second-order valence-corrected chi connectivity index (χ2v) is 4.57. The predicted molar refractivity (Wildman–Crippen MR) is 77.1 cm³/mol. The van der Waals surface area contributed by atoms with E-state index in [2.05, 4.69) is 10.1 Å². The minimum atomic E-state index is -4.40. The van der Waals surface area contributed by atoms with Gasteiger partial charge in [0.2, 0.25) is 0 Å². The van der Waals surface area contributed by atoms with Crippen molar-refractivity contribution >= 4 is 11.6 Å². The smallest absolute Gasteiger partial charge is 0.422 e. The standard InChI is InChI=1S/C16H11F3N2O2/c17-16(18,19)10-23-14-6-4-13(5-7-14)21-15(22)12-3-1-2-11(8-12)9-20/h1-8H,10H2,(H,21,22). The molecule has 0 spiro atoms. The van der Waals surface area contributed by atoms with E-state index in [0.717, 1.165) is 0 Å². The molecule has 23 heavy (non-hydrogen) atoms. The molecule has 0 heterocycles. The van der Waals surface area contributed by atoms with Gasteiger partial charge in [0.1, 0.15) is 5.75 Å². The maximum absolute atomic E-state index is 12.0. The van der Waals surface area contributed by atoms with E-state index < -0.39 is 18.7 Å². The summed E-state index contributed by atoms with van der Waals surface area (Å²) in [6, 6.07) is 13.6. The molecular weight excluding hydrogens is 309 g/mol. The van der Waals surface area contributed by atoms with Crippen LogP contribution in [-0.2, 0) is 0 Å². The minimum Gasteiger partial charge on any atom is -0.484 e. The van der Waals surface area contributed by atoms with Gasteiger partial charge in [-0.25, -0.2) is 0 Å². The van der Waals surface area contributed by atoms with Crippen molar-refractivity contribution in [2.45, 2.75) is 6.18 Å². The molecule has 0 aliphatic rings. The summed E-state index contributed by atoms with van der Waals surface area (Å²) in [7, 11) is 0. The molecule has 0 aliphatic heterocycles. The number of nitriles is 1. The largest absolute Gasteiger partial charge is 0.484 e. The van der Waals surface area contributed by atoms with Crippen molar-refractivity contribution in [2.24, 2.45) is 0 Å². The number of amides is 1. The van der Waals surface area contributed by atoms with Crippen LogP contribution < -0.4 is 10.1 Å². The van der Waals surface area contributed by atoms with Crippen LogP contribution in [0, 0.1) is 11.3 Å². The van der Waals surface area contributed by atoms with Gasteiger partial charge in [-0.2, -0.15) is 18.4 Å². The second-order valence-electron chi connectivity index (χ2n) is 4.57. The van der Waals surface area contributed by atoms with Crippen LogP contribution >= 0.6 is 0 Å². The molecule has 0 fully saturated rings. The van der Waals surface area contributed by atoms with Gasteiger partial charge in [-0.05, 0) is 42.5 Å². The number of alkyl halides is 3. The van der Waals surface area contributed by atoms with Gasteiger partial charge in [0, 0.05) is 11.3 Å².